The average molecular weight is 314 g/mol. The molecular weight excluding hydrogens is 301 g/mol. The molecule has 0 unspecified atom stereocenters. The van der Waals surface area contributed by atoms with Crippen molar-refractivity contribution in [3.8, 4) is 6.07 Å². The Labute approximate surface area is 124 Å². The number of nitriles is 1. The van der Waals surface area contributed by atoms with Gasteiger partial charge in [-0.1, -0.05) is 12.1 Å². The van der Waals surface area contributed by atoms with Gasteiger partial charge in [-0.05, 0) is 25.5 Å². The van der Waals surface area contributed by atoms with Gasteiger partial charge in [0.25, 0.3) is 5.91 Å². The van der Waals surface area contributed by atoms with Crippen LogP contribution in [-0.2, 0) is 11.0 Å². The monoisotopic (exact) mass is 314 g/mol. The maximum Gasteiger partial charge on any atom is 0.417 e. The van der Waals surface area contributed by atoms with Gasteiger partial charge < -0.3 is 10.4 Å². The highest BCUT2D eigenvalue weighted by molar-refractivity contribution is 5.98. The van der Waals surface area contributed by atoms with E-state index in [1.165, 1.54) is 13.0 Å². The molecule has 2 N–H and O–H groups in total. The number of rotatable bonds is 5. The second kappa shape index (κ2) is 6.93. The smallest absolute Gasteiger partial charge is 0.417 e. The summed E-state index contributed by atoms with van der Waals surface area (Å²) in [6.45, 7) is 1.45. The van der Waals surface area contributed by atoms with Crippen LogP contribution in [0.1, 0.15) is 29.3 Å². The van der Waals surface area contributed by atoms with Crippen LogP contribution in [0.4, 0.5) is 13.2 Å². The zero-order valence-electron chi connectivity index (χ0n) is 11.5. The number of benzene rings is 1. The number of carboxylic acid groups (broad SMARTS) is 1. The van der Waals surface area contributed by atoms with Crippen molar-refractivity contribution in [1.82, 2.24) is 5.32 Å². The van der Waals surface area contributed by atoms with Crippen LogP contribution in [0.2, 0.25) is 0 Å². The number of nitrogens with zero attached hydrogens (tertiary/aromatic N) is 1. The molecule has 8 heteroatoms. The van der Waals surface area contributed by atoms with Gasteiger partial charge in [-0.2, -0.15) is 18.4 Å². The molecule has 0 bridgehead atoms. The van der Waals surface area contributed by atoms with E-state index >= 15 is 0 Å². The van der Waals surface area contributed by atoms with Crippen molar-refractivity contribution in [2.75, 3.05) is 0 Å². The Kier molecular flexibility index (Phi) is 5.51. The number of halogens is 3. The minimum atomic E-state index is -4.73. The lowest BCUT2D eigenvalue weighted by molar-refractivity contribution is -0.139. The van der Waals surface area contributed by atoms with Crippen LogP contribution in [0.3, 0.4) is 0 Å². The Morgan fingerprint density at radius 3 is 2.45 bits per heavy atom. The minimum Gasteiger partial charge on any atom is -0.480 e. The number of amides is 1. The highest BCUT2D eigenvalue weighted by Crippen LogP contribution is 2.31. The molecule has 0 aliphatic carbocycles. The van der Waals surface area contributed by atoms with Crippen LogP contribution in [0.25, 0.3) is 0 Å². The molecule has 1 aromatic rings. The fourth-order valence-electron chi connectivity index (χ4n) is 1.79. The molecule has 0 spiro atoms. The molecule has 0 aliphatic heterocycles. The molecular formula is C14H13F3N2O3. The number of nitrogens with one attached hydrogen (secondary N) is 1. The fourth-order valence-corrected chi connectivity index (χ4v) is 1.79. The van der Waals surface area contributed by atoms with Crippen LogP contribution >= 0.6 is 0 Å². The Balaban J connectivity index is 3.02. The third-order valence-corrected chi connectivity index (χ3v) is 2.89. The molecule has 118 valence electrons. The molecule has 1 rings (SSSR count). The molecule has 1 aromatic carbocycles. The van der Waals surface area contributed by atoms with Gasteiger partial charge in [0.2, 0.25) is 0 Å². The van der Waals surface area contributed by atoms with E-state index in [1.807, 2.05) is 5.32 Å². The second-order valence-corrected chi connectivity index (χ2v) is 4.67. The molecule has 0 radical (unpaired) electrons. The van der Waals surface area contributed by atoms with E-state index in [0.29, 0.717) is 0 Å². The van der Waals surface area contributed by atoms with E-state index in [2.05, 4.69) is 0 Å². The zero-order valence-corrected chi connectivity index (χ0v) is 11.5. The fraction of sp³-hybridized carbons (Fsp3) is 0.357. The first kappa shape index (κ1) is 17.5. The molecule has 0 aromatic heterocycles. The van der Waals surface area contributed by atoms with Crippen molar-refractivity contribution in [2.24, 2.45) is 5.92 Å². The van der Waals surface area contributed by atoms with Crippen LogP contribution < -0.4 is 5.32 Å². The second-order valence-electron chi connectivity index (χ2n) is 4.67. The third-order valence-electron chi connectivity index (χ3n) is 2.89. The Bertz CT molecular complexity index is 608. The van der Waals surface area contributed by atoms with Gasteiger partial charge >= 0.3 is 12.1 Å². The average Bonchev–Trinajstić information content (AvgIpc) is 2.45. The van der Waals surface area contributed by atoms with Crippen molar-refractivity contribution in [2.45, 2.75) is 25.6 Å². The molecule has 0 aliphatic rings. The van der Waals surface area contributed by atoms with Gasteiger partial charge in [-0.15, -0.1) is 0 Å². The number of hydrogen-bond donors (Lipinski definition) is 2. The quantitative estimate of drug-likeness (QED) is 0.873. The molecule has 0 fully saturated rings. The van der Waals surface area contributed by atoms with Crippen LogP contribution in [-0.4, -0.2) is 23.0 Å². The molecule has 5 nitrogen and oxygen atoms in total. The van der Waals surface area contributed by atoms with Crippen molar-refractivity contribution in [3.63, 3.8) is 0 Å². The molecule has 1 amide bonds. The molecule has 0 heterocycles. The van der Waals surface area contributed by atoms with Gasteiger partial charge in [0.05, 0.1) is 17.2 Å². The lowest BCUT2D eigenvalue weighted by Gasteiger charge is -2.17. The Morgan fingerprint density at radius 1 is 1.36 bits per heavy atom. The first-order chi connectivity index (χ1) is 10.2. The van der Waals surface area contributed by atoms with Crippen LogP contribution in [0, 0.1) is 17.2 Å². The SMILES string of the molecule is C[C@@H](C#N)C[C@@H](NC(=O)c1ccccc1C(F)(F)F)C(=O)O. The summed E-state index contributed by atoms with van der Waals surface area (Å²) in [5.74, 6) is -3.23. The third kappa shape index (κ3) is 4.48. The highest BCUT2D eigenvalue weighted by atomic mass is 19.4. The van der Waals surface area contributed by atoms with Crippen LogP contribution in [0.15, 0.2) is 24.3 Å². The molecule has 2 atom stereocenters. The maximum atomic E-state index is 12.8. The van der Waals surface area contributed by atoms with E-state index in [4.69, 9.17) is 10.4 Å². The first-order valence-corrected chi connectivity index (χ1v) is 6.26. The first-order valence-electron chi connectivity index (χ1n) is 6.26. The Hall–Kier alpha value is -2.56. The number of alkyl halides is 3. The van der Waals surface area contributed by atoms with Crippen molar-refractivity contribution in [1.29, 1.82) is 5.26 Å². The predicted octanol–water partition coefficient (Wildman–Crippen LogP) is 2.44. The van der Waals surface area contributed by atoms with Gasteiger partial charge in [-0.25, -0.2) is 4.79 Å². The van der Waals surface area contributed by atoms with Gasteiger partial charge in [0.1, 0.15) is 6.04 Å². The largest absolute Gasteiger partial charge is 0.480 e. The summed E-state index contributed by atoms with van der Waals surface area (Å²) in [5, 5.41) is 19.7. The van der Waals surface area contributed by atoms with E-state index in [-0.39, 0.29) is 6.42 Å². The number of hydrogen-bond acceptors (Lipinski definition) is 3. The standard InChI is InChI=1S/C14H13F3N2O3/c1-8(7-18)6-11(13(21)22)19-12(20)9-4-2-3-5-10(9)14(15,16)17/h2-5,8,11H,6H2,1H3,(H,19,20)(H,21,22)/t8-,11-/m1/s1. The minimum absolute atomic E-state index is 0.203. The zero-order chi connectivity index (χ0) is 16.9. The van der Waals surface area contributed by atoms with E-state index in [9.17, 15) is 22.8 Å². The van der Waals surface area contributed by atoms with Crippen LogP contribution in [0.5, 0.6) is 0 Å². The molecule has 22 heavy (non-hydrogen) atoms. The maximum absolute atomic E-state index is 12.8. The highest BCUT2D eigenvalue weighted by Gasteiger charge is 2.35. The van der Waals surface area contributed by atoms with E-state index in [0.717, 1.165) is 18.2 Å². The summed E-state index contributed by atoms with van der Waals surface area (Å²) in [4.78, 5) is 23.0. The van der Waals surface area contributed by atoms with E-state index < -0.39 is 41.1 Å². The van der Waals surface area contributed by atoms with E-state index in [1.54, 1.807) is 6.07 Å². The van der Waals surface area contributed by atoms with Gasteiger partial charge in [-0.3, -0.25) is 4.79 Å². The topological polar surface area (TPSA) is 90.2 Å². The van der Waals surface area contributed by atoms with Crippen molar-refractivity contribution >= 4 is 11.9 Å². The summed E-state index contributed by atoms with van der Waals surface area (Å²) in [6, 6.07) is 4.44. The number of aliphatic carboxylic acids is 1. The summed E-state index contributed by atoms with van der Waals surface area (Å²) in [7, 11) is 0. The lowest BCUT2D eigenvalue weighted by atomic mass is 10.0. The summed E-state index contributed by atoms with van der Waals surface area (Å²) >= 11 is 0. The summed E-state index contributed by atoms with van der Waals surface area (Å²) < 4.78 is 38.5. The van der Waals surface area contributed by atoms with Crippen molar-refractivity contribution < 1.29 is 27.9 Å². The number of carbonyl (C=O) groups is 2. The molecule has 0 saturated heterocycles. The lowest BCUT2D eigenvalue weighted by Crippen LogP contribution is -2.42. The predicted molar refractivity (Wildman–Crippen MR) is 69.7 cm³/mol. The Morgan fingerprint density at radius 2 is 1.95 bits per heavy atom. The molecule has 0 saturated carbocycles. The number of carbonyl (C=O) groups excluding carboxylic acids is 1. The number of carboxylic acids is 1. The summed E-state index contributed by atoms with van der Waals surface area (Å²) in [6.07, 6.45) is -4.93. The normalized spacial score (nSPS) is 13.8. The van der Waals surface area contributed by atoms with Crippen molar-refractivity contribution in [3.05, 3.63) is 35.4 Å². The summed E-state index contributed by atoms with van der Waals surface area (Å²) in [5.41, 5.74) is -1.81. The van der Waals surface area contributed by atoms with Gasteiger partial charge in [0, 0.05) is 5.92 Å². The van der Waals surface area contributed by atoms with Gasteiger partial charge in [0.15, 0.2) is 0 Å².